The molecule has 0 fully saturated rings. The number of carbonyl (C=O) groups excluding carboxylic acids is 2. The van der Waals surface area contributed by atoms with E-state index in [0.717, 1.165) is 10.8 Å². The van der Waals surface area contributed by atoms with Crippen LogP contribution in [0.25, 0.3) is 10.8 Å². The number of carbonyl (C=O) groups is 2. The maximum Gasteiger partial charge on any atom is 0.303 e. The van der Waals surface area contributed by atoms with Gasteiger partial charge in [-0.2, -0.15) is 0 Å². The highest BCUT2D eigenvalue weighted by Gasteiger charge is 2.14. The maximum absolute atomic E-state index is 10.6. The summed E-state index contributed by atoms with van der Waals surface area (Å²) in [6, 6.07) is 10.1. The maximum atomic E-state index is 10.6. The summed E-state index contributed by atoms with van der Waals surface area (Å²) in [5, 5.41) is 37.8. The molecule has 0 saturated carbocycles. The molecule has 160 valence electrons. The van der Waals surface area contributed by atoms with Gasteiger partial charge in [0.1, 0.15) is 23.7 Å². The van der Waals surface area contributed by atoms with Crippen LogP contribution in [0.5, 0.6) is 11.5 Å². The average molecular weight is 410 g/mol. The molecule has 2 atom stereocenters. The summed E-state index contributed by atoms with van der Waals surface area (Å²) >= 11 is 0. The van der Waals surface area contributed by atoms with E-state index in [4.69, 9.17) is 34.6 Å². The Morgan fingerprint density at radius 2 is 1.17 bits per heavy atom. The van der Waals surface area contributed by atoms with Gasteiger partial charge >= 0.3 is 11.9 Å². The van der Waals surface area contributed by atoms with Gasteiger partial charge in [0.05, 0.1) is 26.4 Å². The topological polar surface area (TPSA) is 143 Å². The molecule has 0 amide bonds. The summed E-state index contributed by atoms with van der Waals surface area (Å²) in [6.45, 7) is 1.64. The van der Waals surface area contributed by atoms with E-state index in [0.29, 0.717) is 0 Å². The van der Waals surface area contributed by atoms with Crippen molar-refractivity contribution in [3.8, 4) is 11.5 Å². The number of aliphatic hydroxyl groups excluding tert-OH is 2. The summed E-state index contributed by atoms with van der Waals surface area (Å²) < 4.78 is 14.5. The van der Waals surface area contributed by atoms with Crippen LogP contribution < -0.4 is 0 Å². The van der Waals surface area contributed by atoms with Gasteiger partial charge in [-0.25, -0.2) is 0 Å². The molecule has 0 bridgehead atoms. The first-order chi connectivity index (χ1) is 13.7. The van der Waals surface area contributed by atoms with E-state index >= 15 is 0 Å². The zero-order valence-corrected chi connectivity index (χ0v) is 16.3. The molecule has 0 aromatic heterocycles. The summed E-state index contributed by atoms with van der Waals surface area (Å²) in [5.74, 6) is -0.556. The van der Waals surface area contributed by atoms with E-state index in [2.05, 4.69) is 0 Å². The predicted octanol–water partition coefficient (Wildman–Crippen LogP) is 1.10. The Kier molecular flexibility index (Phi) is 10.5. The third-order valence-corrected chi connectivity index (χ3v) is 3.49. The van der Waals surface area contributed by atoms with Crippen molar-refractivity contribution in [2.75, 3.05) is 26.4 Å². The molecule has 0 aliphatic heterocycles. The van der Waals surface area contributed by atoms with Crippen LogP contribution in [-0.4, -0.2) is 71.0 Å². The molecule has 4 N–H and O–H groups in total. The molecule has 2 aromatic rings. The Morgan fingerprint density at radius 3 is 1.48 bits per heavy atom. The van der Waals surface area contributed by atoms with Crippen molar-refractivity contribution >= 4 is 22.7 Å². The van der Waals surface area contributed by atoms with E-state index in [-0.39, 0.29) is 37.9 Å². The number of hydrogen-bond acceptors (Lipinski definition) is 9. The lowest BCUT2D eigenvalue weighted by Gasteiger charge is -2.17. The molecule has 29 heavy (non-hydrogen) atoms. The van der Waals surface area contributed by atoms with Crippen molar-refractivity contribution in [1.29, 1.82) is 0 Å². The second-order valence-corrected chi connectivity index (χ2v) is 6.08. The minimum absolute atomic E-state index is 0.0339. The third kappa shape index (κ3) is 9.74. The third-order valence-electron chi connectivity index (χ3n) is 3.49. The number of phenols is 2. The fourth-order valence-electron chi connectivity index (χ4n) is 2.27. The van der Waals surface area contributed by atoms with Gasteiger partial charge < -0.3 is 34.6 Å². The first-order valence-electron chi connectivity index (χ1n) is 8.80. The van der Waals surface area contributed by atoms with Gasteiger partial charge in [0.2, 0.25) is 0 Å². The summed E-state index contributed by atoms with van der Waals surface area (Å²) in [7, 11) is 0. The second kappa shape index (κ2) is 12.6. The van der Waals surface area contributed by atoms with Gasteiger partial charge in [-0.3, -0.25) is 9.59 Å². The SMILES string of the molecule is CC(=O)OC(CO)COCC(CO)OC(C)=O.Oc1ccc2cc(O)ccc2c1. The first kappa shape index (κ1) is 24.2. The van der Waals surface area contributed by atoms with Gasteiger partial charge in [-0.15, -0.1) is 0 Å². The number of phenolic OH excluding ortho intramolecular Hbond substituents is 2. The molecule has 0 heterocycles. The number of esters is 2. The Morgan fingerprint density at radius 1 is 0.793 bits per heavy atom. The van der Waals surface area contributed by atoms with Crippen molar-refractivity contribution in [3.05, 3.63) is 36.4 Å². The van der Waals surface area contributed by atoms with Crippen LogP contribution >= 0.6 is 0 Å². The standard InChI is InChI=1S/C10H18O7.C10H8O2/c1-7(13)16-9(3-11)5-15-6-10(4-12)17-8(2)14;11-9-3-1-7-5-10(12)4-2-8(7)6-9/h9-12H,3-6H2,1-2H3;1-6,11-12H. The zero-order valence-electron chi connectivity index (χ0n) is 16.3. The van der Waals surface area contributed by atoms with Gasteiger partial charge in [0.25, 0.3) is 0 Å². The number of rotatable bonds is 8. The number of fused-ring (bicyclic) bond motifs is 1. The van der Waals surface area contributed by atoms with Crippen molar-refractivity contribution in [1.82, 2.24) is 0 Å². The van der Waals surface area contributed by atoms with Gasteiger partial charge in [-0.1, -0.05) is 12.1 Å². The van der Waals surface area contributed by atoms with Gasteiger partial charge in [-0.05, 0) is 35.0 Å². The summed E-state index contributed by atoms with van der Waals surface area (Å²) in [5.41, 5.74) is 0. The van der Waals surface area contributed by atoms with Crippen LogP contribution in [0.15, 0.2) is 36.4 Å². The minimum Gasteiger partial charge on any atom is -0.508 e. The molecule has 2 aromatic carbocycles. The summed E-state index contributed by atoms with van der Waals surface area (Å²) in [4.78, 5) is 21.2. The van der Waals surface area contributed by atoms with Crippen molar-refractivity contribution < 1.29 is 44.2 Å². The predicted molar refractivity (Wildman–Crippen MR) is 103 cm³/mol. The molecule has 2 rings (SSSR count). The highest BCUT2D eigenvalue weighted by Crippen LogP contribution is 2.23. The molecule has 0 spiro atoms. The van der Waals surface area contributed by atoms with Crippen molar-refractivity contribution in [2.24, 2.45) is 0 Å². The van der Waals surface area contributed by atoms with E-state index in [9.17, 15) is 9.59 Å². The number of benzene rings is 2. The van der Waals surface area contributed by atoms with Gasteiger partial charge in [0.15, 0.2) is 0 Å². The van der Waals surface area contributed by atoms with E-state index in [1.165, 1.54) is 13.8 Å². The fourth-order valence-corrected chi connectivity index (χ4v) is 2.27. The number of aromatic hydroxyl groups is 2. The van der Waals surface area contributed by atoms with E-state index in [1.807, 2.05) is 0 Å². The van der Waals surface area contributed by atoms with Crippen LogP contribution in [0.3, 0.4) is 0 Å². The largest absolute Gasteiger partial charge is 0.508 e. The molecule has 0 saturated heterocycles. The Labute approximate surface area is 168 Å². The van der Waals surface area contributed by atoms with E-state index in [1.54, 1.807) is 36.4 Å². The molecule has 0 aliphatic carbocycles. The number of ether oxygens (including phenoxy) is 3. The highest BCUT2D eigenvalue weighted by atomic mass is 16.6. The number of aliphatic hydroxyl groups is 2. The Hall–Kier alpha value is -2.88. The average Bonchev–Trinajstić information content (AvgIpc) is 2.66. The highest BCUT2D eigenvalue weighted by molar-refractivity contribution is 5.85. The number of hydrogen-bond donors (Lipinski definition) is 4. The molecular formula is C20H26O9. The zero-order chi connectivity index (χ0) is 21.8. The lowest BCUT2D eigenvalue weighted by Crippen LogP contribution is -2.31. The second-order valence-electron chi connectivity index (χ2n) is 6.08. The lowest BCUT2D eigenvalue weighted by molar-refractivity contribution is -0.157. The van der Waals surface area contributed by atoms with Crippen LogP contribution in [0.2, 0.25) is 0 Å². The molecular weight excluding hydrogens is 384 g/mol. The smallest absolute Gasteiger partial charge is 0.303 e. The first-order valence-corrected chi connectivity index (χ1v) is 8.80. The Balaban J connectivity index is 0.000000304. The molecule has 9 heteroatoms. The Bertz CT molecular complexity index is 725. The summed E-state index contributed by atoms with van der Waals surface area (Å²) in [6.07, 6.45) is -1.52. The van der Waals surface area contributed by atoms with Crippen LogP contribution in [0.4, 0.5) is 0 Å². The monoisotopic (exact) mass is 410 g/mol. The quantitative estimate of drug-likeness (QED) is 0.470. The van der Waals surface area contributed by atoms with Crippen LogP contribution in [0, 0.1) is 0 Å². The lowest BCUT2D eigenvalue weighted by atomic mass is 10.1. The van der Waals surface area contributed by atoms with Crippen molar-refractivity contribution in [3.63, 3.8) is 0 Å². The molecule has 2 unspecified atom stereocenters. The van der Waals surface area contributed by atoms with Crippen LogP contribution in [0.1, 0.15) is 13.8 Å². The van der Waals surface area contributed by atoms with Crippen molar-refractivity contribution in [2.45, 2.75) is 26.1 Å². The molecule has 0 radical (unpaired) electrons. The van der Waals surface area contributed by atoms with Crippen LogP contribution in [-0.2, 0) is 23.8 Å². The molecule has 9 nitrogen and oxygen atoms in total. The fraction of sp³-hybridized carbons (Fsp3) is 0.400. The normalized spacial score (nSPS) is 12.4. The van der Waals surface area contributed by atoms with Gasteiger partial charge in [0, 0.05) is 13.8 Å². The molecule has 0 aliphatic rings. The minimum atomic E-state index is -0.760. The van der Waals surface area contributed by atoms with E-state index < -0.39 is 24.1 Å².